The third kappa shape index (κ3) is 23.2. The first-order chi connectivity index (χ1) is 52.3. The molecule has 0 saturated heterocycles. The van der Waals surface area contributed by atoms with E-state index in [1.807, 2.05) is 12.2 Å². The molecule has 6 bridgehead atoms. The normalized spacial score (nSPS) is 27.9. The monoisotopic (exact) mass is 1600 g/mol. The number of allylic oxidation sites excluding steroid dienone is 12. The lowest BCUT2D eigenvalue weighted by Crippen LogP contribution is -2.18. The van der Waals surface area contributed by atoms with Crippen molar-refractivity contribution in [2.45, 2.75) is 132 Å². The average molecular weight is 1600 g/mol. The summed E-state index contributed by atoms with van der Waals surface area (Å²) in [6.07, 6.45) is 41.1. The minimum Gasteiger partial charge on any atom is -0.466 e. The smallest absolute Gasteiger partial charge is 0.333 e. The van der Waals surface area contributed by atoms with Crippen LogP contribution >= 0.6 is 68.0 Å². The molecule has 12 nitrogen and oxygen atoms in total. The quantitative estimate of drug-likeness (QED) is 0.0198. The molecule has 6 aromatic heterocycles. The molecule has 18 heteroatoms. The first-order valence-corrected chi connectivity index (χ1v) is 43.7. The van der Waals surface area contributed by atoms with E-state index in [2.05, 4.69) is 169 Å². The van der Waals surface area contributed by atoms with Crippen molar-refractivity contribution in [3.63, 3.8) is 0 Å². The summed E-state index contributed by atoms with van der Waals surface area (Å²) in [4.78, 5) is 81.1. The molecule has 6 heterocycles. The predicted octanol–water partition coefficient (Wildman–Crippen LogP) is 23.2. The minimum absolute atomic E-state index is 0. The number of hydrogen-bond donors (Lipinski definition) is 0. The van der Waals surface area contributed by atoms with Gasteiger partial charge in [-0.15, -0.1) is 81.2 Å². The fourth-order valence-corrected chi connectivity index (χ4v) is 23.4. The van der Waals surface area contributed by atoms with E-state index in [9.17, 15) is 28.8 Å². The number of ether oxygens (including phenoxy) is 6. The highest BCUT2D eigenvalue weighted by Gasteiger charge is 2.41. The van der Waals surface area contributed by atoms with Crippen molar-refractivity contribution >= 4 is 104 Å². The molecule has 110 heavy (non-hydrogen) atoms. The number of hydrogen-bond acceptors (Lipinski definition) is 18. The molecule has 588 valence electrons. The number of fused-ring (bicyclic) bond motifs is 6. The SMILES string of the molecule is C.C.C=C(C)C(=O)OCC1CC2C=CC1C2.C=CC1CC(/C=C/C2CC(/C=C/C3CC(C=C)C(COC(=O)C(=C)C)C3)C(COC(C)=O)C2)C(COC(=O)Cc2cc(-c3cccs3)sc2-c2cccs2)C1.CC(=O)OCC1CC2C=CC1C2.O=C(Cc1cc(-c2cccs2)sc1-c1cccs1)OCC1CC2C=CC1C2. The molecular weight excluding hydrogens is 1490 g/mol. The molecule has 0 spiro atoms. The predicted molar refractivity (Wildman–Crippen MR) is 454 cm³/mol. The van der Waals surface area contributed by atoms with Gasteiger partial charge in [0.25, 0.3) is 0 Å². The molecule has 6 saturated carbocycles. The summed E-state index contributed by atoms with van der Waals surface area (Å²) in [6.45, 7) is 24.7. The highest BCUT2D eigenvalue weighted by atomic mass is 32.1. The van der Waals surface area contributed by atoms with E-state index in [1.54, 1.807) is 81.9 Å². The highest BCUT2D eigenvalue weighted by molar-refractivity contribution is 7.26. The molecule has 9 aliphatic carbocycles. The second-order valence-electron chi connectivity index (χ2n) is 31.2. The number of carbonyl (C=O) groups is 6. The Balaban J connectivity index is 0.000000190. The number of thiophene rings is 6. The van der Waals surface area contributed by atoms with E-state index in [1.165, 1.54) is 86.5 Å². The topological polar surface area (TPSA) is 158 Å². The van der Waals surface area contributed by atoms with Gasteiger partial charge in [-0.1, -0.05) is 125 Å². The summed E-state index contributed by atoms with van der Waals surface area (Å²) in [7, 11) is 0. The summed E-state index contributed by atoms with van der Waals surface area (Å²) in [5.74, 6) is 7.35. The standard InChI is InChI=1S/C46H54O6S3.C22H20O2S3.C12H16O2.C10H14O2.2CH4/c1-6-31-18-35(39(19-31)27-51-44(48)25-37-24-43(41-10-8-16-53-41)55-45(37)42-11-9-17-54-42)14-13-33-21-36(40(23-33)26-50-30(5)47)15-12-32-20-34(7-2)38(22-32)28-52-46(49)29(3)4;23-21(24-13-17-10-14-5-6-15(17)9-14)12-16-11-20(18-3-1-7-25-18)27-22(16)19-4-2-8-26-19;1-8(2)12(13)14-7-11-6-9-3-4-10(11)5-9;1-7(11)12-6-10-5-8-2-3-9(10)4-8;;/h6-17,24,31-36,38-40H,1-3,18-23,25-28H2,4-5H3;1-8,11,14-15,17H,9-10,12-13H2;3-4,9-11H,1,5-7H2,2H3;2-3,8-10H,4-6H2,1H3;2*1H4/b14-13+,15-12+;;;;;. The largest absolute Gasteiger partial charge is 0.466 e. The molecular formula is C92H112O12S6. The molecule has 15 rings (SSSR count). The fourth-order valence-electron chi connectivity index (χ4n) is 17.6. The first-order valence-electron chi connectivity index (χ1n) is 38.6. The zero-order valence-corrected chi connectivity index (χ0v) is 67.6. The maximum absolute atomic E-state index is 13.4. The molecule has 18 atom stereocenters. The van der Waals surface area contributed by atoms with Crippen molar-refractivity contribution in [1.29, 1.82) is 0 Å². The average Bonchev–Trinajstić information content (AvgIpc) is 1.67. The van der Waals surface area contributed by atoms with E-state index < -0.39 is 0 Å². The Morgan fingerprint density at radius 2 is 0.727 bits per heavy atom. The third-order valence-electron chi connectivity index (χ3n) is 23.3. The van der Waals surface area contributed by atoms with Crippen molar-refractivity contribution < 1.29 is 57.2 Å². The molecule has 9 aliphatic rings. The molecule has 0 radical (unpaired) electrons. The van der Waals surface area contributed by atoms with Crippen LogP contribution in [0.2, 0.25) is 0 Å². The summed E-state index contributed by atoms with van der Waals surface area (Å²) < 4.78 is 33.0. The number of rotatable bonds is 28. The van der Waals surface area contributed by atoms with E-state index >= 15 is 0 Å². The van der Waals surface area contributed by atoms with Crippen LogP contribution in [0.3, 0.4) is 0 Å². The van der Waals surface area contributed by atoms with Gasteiger partial charge in [0.2, 0.25) is 0 Å². The van der Waals surface area contributed by atoms with Crippen molar-refractivity contribution in [2.24, 2.45) is 107 Å². The lowest BCUT2D eigenvalue weighted by atomic mass is 9.93. The summed E-state index contributed by atoms with van der Waals surface area (Å²) in [5, 5.41) is 8.34. The van der Waals surface area contributed by atoms with E-state index in [0.717, 1.165) is 72.3 Å². The van der Waals surface area contributed by atoms with Crippen LogP contribution in [0.1, 0.15) is 131 Å². The van der Waals surface area contributed by atoms with E-state index in [4.69, 9.17) is 28.4 Å². The molecule has 0 aromatic carbocycles. The van der Waals surface area contributed by atoms with Gasteiger partial charge in [0, 0.05) is 64.0 Å². The van der Waals surface area contributed by atoms with Crippen molar-refractivity contribution in [3.8, 4) is 39.0 Å². The van der Waals surface area contributed by atoms with Crippen molar-refractivity contribution in [2.75, 3.05) is 39.6 Å². The maximum Gasteiger partial charge on any atom is 0.333 e. The second kappa shape index (κ2) is 40.9. The number of carbonyl (C=O) groups excluding carboxylic acids is 6. The van der Waals surface area contributed by atoms with Gasteiger partial charge in [0.05, 0.1) is 52.5 Å². The van der Waals surface area contributed by atoms with Gasteiger partial charge in [0.1, 0.15) is 0 Å². The Labute approximate surface area is 677 Å². The van der Waals surface area contributed by atoms with Gasteiger partial charge in [-0.05, 0) is 266 Å². The van der Waals surface area contributed by atoms with Crippen molar-refractivity contribution in [3.05, 3.63) is 204 Å². The van der Waals surface area contributed by atoms with Gasteiger partial charge in [-0.25, -0.2) is 9.59 Å². The van der Waals surface area contributed by atoms with Crippen LogP contribution in [0.4, 0.5) is 0 Å². The van der Waals surface area contributed by atoms with Gasteiger partial charge in [0.15, 0.2) is 0 Å². The van der Waals surface area contributed by atoms with Crippen LogP contribution in [0.15, 0.2) is 193 Å². The fraction of sp³-hybridized carbons (Fsp3) is 0.478. The minimum atomic E-state index is -0.341. The Hall–Kier alpha value is -7.32. The van der Waals surface area contributed by atoms with Gasteiger partial charge in [-0.3, -0.25) is 19.2 Å². The molecule has 0 aliphatic heterocycles. The molecule has 6 fully saturated rings. The van der Waals surface area contributed by atoms with Crippen LogP contribution in [-0.2, 0) is 70.0 Å². The zero-order valence-electron chi connectivity index (χ0n) is 62.7. The maximum atomic E-state index is 13.4. The van der Waals surface area contributed by atoms with Gasteiger partial charge < -0.3 is 28.4 Å². The number of esters is 6. The Morgan fingerprint density at radius 1 is 0.382 bits per heavy atom. The van der Waals surface area contributed by atoms with Crippen LogP contribution in [0.25, 0.3) is 39.0 Å². The van der Waals surface area contributed by atoms with Crippen LogP contribution in [-0.4, -0.2) is 75.5 Å². The first kappa shape index (κ1) is 85.1. The third-order valence-corrected chi connectivity index (χ3v) is 29.9. The highest BCUT2D eigenvalue weighted by Crippen LogP contribution is 2.49. The Kier molecular flexibility index (Phi) is 31.7. The zero-order chi connectivity index (χ0) is 75.8. The molecule has 18 unspecified atom stereocenters. The van der Waals surface area contributed by atoms with Crippen LogP contribution in [0.5, 0.6) is 0 Å². The Morgan fingerprint density at radius 3 is 1.08 bits per heavy atom. The summed E-state index contributed by atoms with van der Waals surface area (Å²) in [6, 6.07) is 21.1. The summed E-state index contributed by atoms with van der Waals surface area (Å²) in [5.41, 5.74) is 3.02. The van der Waals surface area contributed by atoms with Gasteiger partial charge in [-0.2, -0.15) is 0 Å². The van der Waals surface area contributed by atoms with Crippen LogP contribution in [0, 0.1) is 107 Å². The lowest BCUT2D eigenvalue weighted by molar-refractivity contribution is -0.145. The molecule has 6 aromatic rings. The second-order valence-corrected chi connectivity index (χ2v) is 37.1. The van der Waals surface area contributed by atoms with E-state index in [0.29, 0.717) is 128 Å². The van der Waals surface area contributed by atoms with Gasteiger partial charge >= 0.3 is 35.8 Å². The van der Waals surface area contributed by atoms with E-state index in [-0.39, 0.29) is 74.8 Å². The summed E-state index contributed by atoms with van der Waals surface area (Å²) >= 11 is 10.4. The Bertz CT molecular complexity index is 4220. The molecule has 0 N–H and O–H groups in total. The molecule has 0 amide bonds. The van der Waals surface area contributed by atoms with Crippen molar-refractivity contribution in [1.82, 2.24) is 0 Å². The lowest BCUT2D eigenvalue weighted by Gasteiger charge is -2.17. The van der Waals surface area contributed by atoms with Crippen LogP contribution < -0.4 is 0 Å².